The van der Waals surface area contributed by atoms with Gasteiger partial charge in [0.15, 0.2) is 15.8 Å². The normalized spacial score (nSPS) is 16.5. The van der Waals surface area contributed by atoms with Gasteiger partial charge in [0.05, 0.1) is 23.4 Å². The summed E-state index contributed by atoms with van der Waals surface area (Å²) in [6.45, 7) is 4.60. The molecule has 0 spiro atoms. The molecule has 1 saturated carbocycles. The molecule has 1 aromatic carbocycles. The lowest BCUT2D eigenvalue weighted by Crippen LogP contribution is -2.39. The molecule has 0 bridgehead atoms. The smallest absolute Gasteiger partial charge is 0.191 e. The molecule has 7 heteroatoms. The van der Waals surface area contributed by atoms with E-state index >= 15 is 0 Å². The van der Waals surface area contributed by atoms with Crippen LogP contribution in [-0.4, -0.2) is 52.5 Å². The van der Waals surface area contributed by atoms with Crippen LogP contribution in [0.2, 0.25) is 0 Å². The van der Waals surface area contributed by atoms with E-state index in [1.54, 1.807) is 24.3 Å². The van der Waals surface area contributed by atoms with Gasteiger partial charge in [-0.25, -0.2) is 8.42 Å². The minimum Gasteiger partial charge on any atom is -0.376 e. The Labute approximate surface area is 170 Å². The van der Waals surface area contributed by atoms with Crippen molar-refractivity contribution in [2.24, 2.45) is 4.99 Å². The van der Waals surface area contributed by atoms with Gasteiger partial charge < -0.3 is 15.4 Å². The van der Waals surface area contributed by atoms with Gasteiger partial charge in [-0.05, 0) is 38.3 Å². The zero-order valence-corrected chi connectivity index (χ0v) is 17.8. The zero-order chi connectivity index (χ0) is 20.1. The summed E-state index contributed by atoms with van der Waals surface area (Å²) < 4.78 is 30.6. The second-order valence-electron chi connectivity index (χ2n) is 7.16. The molecule has 0 unspecified atom stereocenters. The van der Waals surface area contributed by atoms with Gasteiger partial charge in [-0.2, -0.15) is 0 Å². The van der Waals surface area contributed by atoms with Crippen LogP contribution in [0, 0.1) is 0 Å². The fraction of sp³-hybridized carbons (Fsp3) is 0.667. The van der Waals surface area contributed by atoms with E-state index in [1.165, 1.54) is 38.5 Å². The molecule has 6 nitrogen and oxygen atoms in total. The highest BCUT2D eigenvalue weighted by molar-refractivity contribution is 7.91. The first-order chi connectivity index (χ1) is 13.6. The third-order valence-corrected chi connectivity index (χ3v) is 6.65. The highest BCUT2D eigenvalue weighted by Crippen LogP contribution is 2.19. The lowest BCUT2D eigenvalue weighted by atomic mass is 10.1. The average molecular weight is 410 g/mol. The molecule has 0 saturated heterocycles. The molecule has 1 aliphatic rings. The first kappa shape index (κ1) is 22.7. The van der Waals surface area contributed by atoms with Crippen LogP contribution in [0.4, 0.5) is 0 Å². The molecule has 1 aromatic rings. The van der Waals surface area contributed by atoms with Crippen molar-refractivity contribution in [1.82, 2.24) is 10.6 Å². The van der Waals surface area contributed by atoms with E-state index in [0.29, 0.717) is 43.1 Å². The molecule has 2 rings (SSSR count). The van der Waals surface area contributed by atoms with E-state index in [2.05, 4.69) is 15.6 Å². The second-order valence-corrected chi connectivity index (χ2v) is 9.27. The summed E-state index contributed by atoms with van der Waals surface area (Å²) in [5.41, 5.74) is 0. The summed E-state index contributed by atoms with van der Waals surface area (Å²) in [7, 11) is -3.24. The van der Waals surface area contributed by atoms with Crippen molar-refractivity contribution < 1.29 is 13.2 Å². The van der Waals surface area contributed by atoms with Crippen LogP contribution in [0.25, 0.3) is 0 Å². The molecule has 0 radical (unpaired) electrons. The first-order valence-corrected chi connectivity index (χ1v) is 12.2. The number of guanidine groups is 1. The van der Waals surface area contributed by atoms with Crippen LogP contribution >= 0.6 is 0 Å². The molecule has 2 N–H and O–H groups in total. The molecule has 1 aliphatic carbocycles. The van der Waals surface area contributed by atoms with E-state index in [9.17, 15) is 8.42 Å². The van der Waals surface area contributed by atoms with Crippen molar-refractivity contribution in [2.45, 2.75) is 62.9 Å². The molecule has 28 heavy (non-hydrogen) atoms. The highest BCUT2D eigenvalue weighted by atomic mass is 32.2. The highest BCUT2D eigenvalue weighted by Gasteiger charge is 2.13. The molecule has 0 aliphatic heterocycles. The molecule has 0 atom stereocenters. The number of hydrogen-bond donors (Lipinski definition) is 2. The van der Waals surface area contributed by atoms with Gasteiger partial charge >= 0.3 is 0 Å². The molecular formula is C21H35N3O3S. The minimum atomic E-state index is -3.24. The molecule has 0 aromatic heterocycles. The number of aliphatic imine (C=N–C) groups is 1. The van der Waals surface area contributed by atoms with Crippen molar-refractivity contribution in [2.75, 3.05) is 32.0 Å². The predicted molar refractivity (Wildman–Crippen MR) is 115 cm³/mol. The van der Waals surface area contributed by atoms with Crippen LogP contribution < -0.4 is 10.6 Å². The van der Waals surface area contributed by atoms with E-state index in [1.807, 2.05) is 13.0 Å². The Morgan fingerprint density at radius 2 is 1.82 bits per heavy atom. The number of rotatable bonds is 10. The van der Waals surface area contributed by atoms with Gasteiger partial charge in [-0.3, -0.25) is 4.99 Å². The zero-order valence-electron chi connectivity index (χ0n) is 17.0. The van der Waals surface area contributed by atoms with Crippen molar-refractivity contribution in [3.63, 3.8) is 0 Å². The van der Waals surface area contributed by atoms with Crippen LogP contribution in [0.5, 0.6) is 0 Å². The van der Waals surface area contributed by atoms with E-state index < -0.39 is 9.84 Å². The van der Waals surface area contributed by atoms with Crippen LogP contribution in [0.1, 0.15) is 51.9 Å². The topological polar surface area (TPSA) is 79.8 Å². The Hall–Kier alpha value is -1.60. The monoisotopic (exact) mass is 409 g/mol. The summed E-state index contributed by atoms with van der Waals surface area (Å²) >= 11 is 0. The average Bonchev–Trinajstić information content (AvgIpc) is 2.98. The van der Waals surface area contributed by atoms with Crippen LogP contribution in [0.15, 0.2) is 40.2 Å². The molecule has 1 fully saturated rings. The van der Waals surface area contributed by atoms with Crippen molar-refractivity contribution in [3.05, 3.63) is 30.3 Å². The Morgan fingerprint density at radius 1 is 1.11 bits per heavy atom. The summed E-state index contributed by atoms with van der Waals surface area (Å²) in [4.78, 5) is 4.86. The largest absolute Gasteiger partial charge is 0.376 e. The van der Waals surface area contributed by atoms with Gasteiger partial charge in [0, 0.05) is 19.6 Å². The molecule has 158 valence electrons. The van der Waals surface area contributed by atoms with Gasteiger partial charge in [0.1, 0.15) is 0 Å². The van der Waals surface area contributed by atoms with Gasteiger partial charge in [-0.1, -0.05) is 43.9 Å². The van der Waals surface area contributed by atoms with Crippen molar-refractivity contribution in [3.8, 4) is 0 Å². The number of nitrogens with one attached hydrogen (secondary N) is 2. The van der Waals surface area contributed by atoms with Gasteiger partial charge in [0.2, 0.25) is 0 Å². The van der Waals surface area contributed by atoms with Crippen LogP contribution in [0.3, 0.4) is 0 Å². The Kier molecular flexibility index (Phi) is 10.4. The lowest BCUT2D eigenvalue weighted by molar-refractivity contribution is 0.0468. The maximum absolute atomic E-state index is 12.3. The maximum Gasteiger partial charge on any atom is 0.191 e. The summed E-state index contributed by atoms with van der Waals surface area (Å²) in [5, 5.41) is 6.46. The Balaban J connectivity index is 1.69. The number of benzene rings is 1. The van der Waals surface area contributed by atoms with Crippen LogP contribution in [-0.2, 0) is 14.6 Å². The molecule has 0 heterocycles. The van der Waals surface area contributed by atoms with Crippen molar-refractivity contribution in [1.29, 1.82) is 0 Å². The van der Waals surface area contributed by atoms with Crippen molar-refractivity contribution >= 4 is 15.8 Å². The van der Waals surface area contributed by atoms with E-state index in [4.69, 9.17) is 4.74 Å². The maximum atomic E-state index is 12.3. The van der Waals surface area contributed by atoms with E-state index in [-0.39, 0.29) is 5.75 Å². The SMILES string of the molecule is CCNC(=NCCCS(=O)(=O)c1ccccc1)NCCOC1CCCCCC1. The molecule has 0 amide bonds. The van der Waals surface area contributed by atoms with Gasteiger partial charge in [0.25, 0.3) is 0 Å². The predicted octanol–water partition coefficient (Wildman–Crippen LogP) is 3.14. The molecular weight excluding hydrogens is 374 g/mol. The summed E-state index contributed by atoms with van der Waals surface area (Å²) in [5.74, 6) is 0.814. The Bertz CT molecular complexity index is 669. The van der Waals surface area contributed by atoms with E-state index in [0.717, 1.165) is 6.54 Å². The fourth-order valence-corrected chi connectivity index (χ4v) is 4.65. The second kappa shape index (κ2) is 12.8. The lowest BCUT2D eigenvalue weighted by Gasteiger charge is -2.16. The number of nitrogens with zero attached hydrogens (tertiary/aromatic N) is 1. The summed E-state index contributed by atoms with van der Waals surface area (Å²) in [6, 6.07) is 8.58. The van der Waals surface area contributed by atoms with Gasteiger partial charge in [-0.15, -0.1) is 0 Å². The minimum absolute atomic E-state index is 0.102. The Morgan fingerprint density at radius 3 is 2.50 bits per heavy atom. The number of ether oxygens (including phenoxy) is 1. The third-order valence-electron chi connectivity index (χ3n) is 4.84. The standard InChI is InChI=1S/C21H35N3O3S/c1-2-22-21(24-16-17-27-19-11-6-3-4-7-12-19)23-15-10-18-28(25,26)20-13-8-5-9-14-20/h5,8-9,13-14,19H,2-4,6-7,10-12,15-18H2,1H3,(H2,22,23,24). The summed E-state index contributed by atoms with van der Waals surface area (Å²) in [6.07, 6.45) is 8.43. The fourth-order valence-electron chi connectivity index (χ4n) is 3.34. The third kappa shape index (κ3) is 8.61. The first-order valence-electron chi connectivity index (χ1n) is 10.5. The number of sulfone groups is 1. The number of hydrogen-bond acceptors (Lipinski definition) is 4. The quantitative estimate of drug-likeness (QED) is 0.269.